The average molecular weight is 433 g/mol. The molecule has 4 aromatic rings. The molecular weight excluding hydrogens is 414 g/mol. The number of fused-ring (bicyclic) bond motifs is 1. The van der Waals surface area contributed by atoms with Gasteiger partial charge in [0.05, 0.1) is 14.2 Å². The number of rotatable bonds is 5. The summed E-state index contributed by atoms with van der Waals surface area (Å²) in [6, 6.07) is 19.7. The number of amides is 1. The van der Waals surface area contributed by atoms with Crippen LogP contribution in [-0.4, -0.2) is 30.2 Å². The van der Waals surface area contributed by atoms with Gasteiger partial charge in [-0.25, -0.2) is 4.98 Å². The fraction of sp³-hybridized carbons (Fsp3) is 0.0870. The van der Waals surface area contributed by atoms with Crippen LogP contribution in [-0.2, 0) is 0 Å². The van der Waals surface area contributed by atoms with E-state index in [2.05, 4.69) is 15.6 Å². The van der Waals surface area contributed by atoms with E-state index in [0.29, 0.717) is 39.7 Å². The van der Waals surface area contributed by atoms with Crippen LogP contribution >= 0.6 is 12.2 Å². The number of benzene rings is 3. The predicted molar refractivity (Wildman–Crippen MR) is 123 cm³/mol. The predicted octanol–water partition coefficient (Wildman–Crippen LogP) is 4.64. The van der Waals surface area contributed by atoms with E-state index in [0.717, 1.165) is 5.56 Å². The van der Waals surface area contributed by atoms with Crippen molar-refractivity contribution in [2.24, 2.45) is 0 Å². The first-order chi connectivity index (χ1) is 15.1. The molecule has 1 amide bonds. The van der Waals surface area contributed by atoms with Crippen molar-refractivity contribution in [3.8, 4) is 23.0 Å². The highest BCUT2D eigenvalue weighted by atomic mass is 32.1. The summed E-state index contributed by atoms with van der Waals surface area (Å²) >= 11 is 5.26. The first-order valence-electron chi connectivity index (χ1n) is 9.38. The zero-order valence-electron chi connectivity index (χ0n) is 16.8. The number of oxazole rings is 1. The number of carbonyl (C=O) groups excluding carboxylic acids is 1. The lowest BCUT2D eigenvalue weighted by molar-refractivity contribution is 0.0977. The van der Waals surface area contributed by atoms with Crippen molar-refractivity contribution in [2.45, 2.75) is 0 Å². The minimum atomic E-state index is -0.281. The zero-order valence-corrected chi connectivity index (χ0v) is 17.7. The molecule has 0 aliphatic heterocycles. The van der Waals surface area contributed by atoms with Crippen molar-refractivity contribution < 1.29 is 18.7 Å². The molecule has 0 fully saturated rings. The monoisotopic (exact) mass is 433 g/mol. The number of hydrogen-bond acceptors (Lipinski definition) is 6. The Morgan fingerprint density at radius 2 is 1.74 bits per heavy atom. The van der Waals surface area contributed by atoms with Gasteiger partial charge in [0, 0.05) is 16.8 Å². The second-order valence-corrected chi connectivity index (χ2v) is 6.95. The maximum absolute atomic E-state index is 12.2. The van der Waals surface area contributed by atoms with Gasteiger partial charge < -0.3 is 19.2 Å². The van der Waals surface area contributed by atoms with E-state index in [4.69, 9.17) is 26.1 Å². The smallest absolute Gasteiger partial charge is 0.257 e. The van der Waals surface area contributed by atoms with Gasteiger partial charge in [0.25, 0.3) is 5.91 Å². The van der Waals surface area contributed by atoms with Crippen molar-refractivity contribution in [3.05, 3.63) is 72.3 Å². The largest absolute Gasteiger partial charge is 0.493 e. The van der Waals surface area contributed by atoms with Crippen LogP contribution in [0.4, 0.5) is 5.69 Å². The molecule has 0 saturated carbocycles. The maximum atomic E-state index is 12.2. The van der Waals surface area contributed by atoms with Gasteiger partial charge >= 0.3 is 0 Å². The first-order valence-corrected chi connectivity index (χ1v) is 9.78. The summed E-state index contributed by atoms with van der Waals surface area (Å²) in [7, 11) is 3.16. The summed E-state index contributed by atoms with van der Waals surface area (Å²) in [6.45, 7) is 0. The molecule has 0 aliphatic rings. The van der Waals surface area contributed by atoms with Crippen molar-refractivity contribution in [1.82, 2.24) is 10.3 Å². The van der Waals surface area contributed by atoms with Crippen LogP contribution < -0.4 is 20.1 Å². The maximum Gasteiger partial charge on any atom is 0.257 e. The Morgan fingerprint density at radius 3 is 2.48 bits per heavy atom. The first kappa shape index (κ1) is 20.4. The number of nitrogens with one attached hydrogen (secondary N) is 2. The van der Waals surface area contributed by atoms with Crippen molar-refractivity contribution in [3.63, 3.8) is 0 Å². The second kappa shape index (κ2) is 8.85. The van der Waals surface area contributed by atoms with Crippen LogP contribution in [0, 0.1) is 0 Å². The minimum Gasteiger partial charge on any atom is -0.493 e. The summed E-state index contributed by atoms with van der Waals surface area (Å²) in [6.07, 6.45) is 0. The molecule has 0 radical (unpaired) electrons. The summed E-state index contributed by atoms with van der Waals surface area (Å²) in [5.74, 6) is 1.38. The van der Waals surface area contributed by atoms with Gasteiger partial charge in [0.2, 0.25) is 5.89 Å². The molecule has 0 spiro atoms. The summed E-state index contributed by atoms with van der Waals surface area (Å²) < 4.78 is 16.5. The number of nitrogens with zero attached hydrogens (tertiary/aromatic N) is 1. The number of ether oxygens (including phenoxy) is 2. The van der Waals surface area contributed by atoms with Gasteiger partial charge in [0.1, 0.15) is 5.52 Å². The van der Waals surface area contributed by atoms with Gasteiger partial charge in [0.15, 0.2) is 22.2 Å². The molecule has 1 heterocycles. The molecule has 0 bridgehead atoms. The summed E-state index contributed by atoms with van der Waals surface area (Å²) in [4.78, 5) is 16.8. The highest BCUT2D eigenvalue weighted by Gasteiger charge is 2.13. The Hall–Kier alpha value is -3.91. The Morgan fingerprint density at radius 1 is 0.968 bits per heavy atom. The molecule has 8 heteroatoms. The Kier molecular flexibility index (Phi) is 5.81. The Labute approximate surface area is 184 Å². The molecule has 7 nitrogen and oxygen atoms in total. The van der Waals surface area contributed by atoms with E-state index in [1.54, 1.807) is 68.8 Å². The van der Waals surface area contributed by atoms with Gasteiger partial charge in [-0.1, -0.05) is 18.2 Å². The van der Waals surface area contributed by atoms with E-state index in [1.165, 1.54) is 0 Å². The van der Waals surface area contributed by atoms with E-state index < -0.39 is 0 Å². The van der Waals surface area contributed by atoms with Crippen molar-refractivity contribution >= 4 is 40.0 Å². The van der Waals surface area contributed by atoms with E-state index in [9.17, 15) is 4.79 Å². The molecule has 156 valence electrons. The van der Waals surface area contributed by atoms with Gasteiger partial charge in [-0.3, -0.25) is 10.1 Å². The summed E-state index contributed by atoms with van der Waals surface area (Å²) in [5.41, 5.74) is 3.23. The summed E-state index contributed by atoms with van der Waals surface area (Å²) in [5, 5.41) is 5.85. The molecule has 0 unspecified atom stereocenters. The number of anilines is 1. The number of aromatic nitrogens is 1. The number of methoxy groups -OCH3 is 2. The Bertz CT molecular complexity index is 1250. The zero-order chi connectivity index (χ0) is 21.8. The molecule has 0 saturated heterocycles. The molecule has 31 heavy (non-hydrogen) atoms. The average Bonchev–Trinajstić information content (AvgIpc) is 3.22. The molecule has 2 N–H and O–H groups in total. The van der Waals surface area contributed by atoms with Gasteiger partial charge in [-0.15, -0.1) is 0 Å². The third kappa shape index (κ3) is 4.49. The van der Waals surface area contributed by atoms with Crippen molar-refractivity contribution in [1.29, 1.82) is 0 Å². The third-order valence-corrected chi connectivity index (χ3v) is 4.74. The van der Waals surface area contributed by atoms with Gasteiger partial charge in [-0.2, -0.15) is 0 Å². The lowest BCUT2D eigenvalue weighted by atomic mass is 10.2. The highest BCUT2D eigenvalue weighted by molar-refractivity contribution is 7.80. The van der Waals surface area contributed by atoms with Crippen LogP contribution in [0.15, 0.2) is 71.1 Å². The lowest BCUT2D eigenvalue weighted by Crippen LogP contribution is -2.34. The van der Waals surface area contributed by atoms with Crippen LogP contribution in [0.2, 0.25) is 0 Å². The van der Waals surface area contributed by atoms with E-state index >= 15 is 0 Å². The molecule has 0 atom stereocenters. The quantitative estimate of drug-likeness (QED) is 0.444. The molecular formula is C23H19N3O4S. The van der Waals surface area contributed by atoms with Crippen molar-refractivity contribution in [2.75, 3.05) is 19.5 Å². The number of thiocarbonyl (C=S) groups is 1. The minimum absolute atomic E-state index is 0.191. The lowest BCUT2D eigenvalue weighted by Gasteiger charge is -2.09. The van der Waals surface area contributed by atoms with E-state index in [-0.39, 0.29) is 11.0 Å². The number of carbonyl (C=O) groups is 1. The fourth-order valence-corrected chi connectivity index (χ4v) is 3.24. The third-order valence-electron chi connectivity index (χ3n) is 4.54. The normalized spacial score (nSPS) is 10.5. The highest BCUT2D eigenvalue weighted by Crippen LogP contribution is 2.33. The van der Waals surface area contributed by atoms with Crippen LogP contribution in [0.25, 0.3) is 22.6 Å². The van der Waals surface area contributed by atoms with Crippen LogP contribution in [0.5, 0.6) is 11.5 Å². The standard InChI is InChI=1S/C23H19N3O4S/c1-28-19-10-8-15(12-20(19)29-2)22-25-17-13-16(9-11-18(17)30-22)24-23(31)26-21(27)14-6-4-3-5-7-14/h3-13H,1-2H3,(H2,24,26,27,31). The van der Waals surface area contributed by atoms with E-state index in [1.807, 2.05) is 12.1 Å². The molecule has 1 aromatic heterocycles. The molecule has 4 rings (SSSR count). The SMILES string of the molecule is COc1ccc(-c2nc3cc(NC(=S)NC(=O)c4ccccc4)ccc3o2)cc1OC. The van der Waals surface area contributed by atoms with Crippen LogP contribution in [0.1, 0.15) is 10.4 Å². The number of hydrogen-bond donors (Lipinski definition) is 2. The fourth-order valence-electron chi connectivity index (χ4n) is 3.03. The van der Waals surface area contributed by atoms with Crippen LogP contribution in [0.3, 0.4) is 0 Å². The molecule has 3 aromatic carbocycles. The molecule has 0 aliphatic carbocycles. The topological polar surface area (TPSA) is 85.6 Å². The Balaban J connectivity index is 1.51. The second-order valence-electron chi connectivity index (χ2n) is 6.55. The van der Waals surface area contributed by atoms with Gasteiger partial charge in [-0.05, 0) is 60.7 Å².